The molecular formula is C13H16N4O3S. The van der Waals surface area contributed by atoms with Crippen molar-refractivity contribution in [3.05, 3.63) is 23.7 Å². The van der Waals surface area contributed by atoms with Crippen LogP contribution in [0, 0.1) is 0 Å². The highest BCUT2D eigenvalue weighted by molar-refractivity contribution is 7.13. The Kier molecular flexibility index (Phi) is 5.04. The number of nitrogens with zero attached hydrogens (tertiary/aromatic N) is 1. The molecule has 1 aromatic rings. The Morgan fingerprint density at radius 3 is 3.05 bits per heavy atom. The van der Waals surface area contributed by atoms with E-state index in [1.165, 1.54) is 11.3 Å². The summed E-state index contributed by atoms with van der Waals surface area (Å²) in [4.78, 5) is 38.6. The summed E-state index contributed by atoms with van der Waals surface area (Å²) in [5, 5.41) is 10.0. The first-order valence-electron chi connectivity index (χ1n) is 6.50. The lowest BCUT2D eigenvalue weighted by molar-refractivity contribution is -0.122. The van der Waals surface area contributed by atoms with Gasteiger partial charge in [-0.2, -0.15) is 0 Å². The molecule has 3 amide bonds. The molecule has 3 N–H and O–H groups in total. The number of carbonyl (C=O) groups is 3. The molecule has 1 aromatic heterocycles. The van der Waals surface area contributed by atoms with E-state index in [0.29, 0.717) is 30.2 Å². The summed E-state index contributed by atoms with van der Waals surface area (Å²) in [7, 11) is 0. The van der Waals surface area contributed by atoms with Crippen LogP contribution in [0.1, 0.15) is 18.5 Å². The van der Waals surface area contributed by atoms with Crippen molar-refractivity contribution < 1.29 is 14.4 Å². The second kappa shape index (κ2) is 6.98. The van der Waals surface area contributed by atoms with Gasteiger partial charge in [0.1, 0.15) is 6.04 Å². The molecule has 0 aromatic carbocycles. The first-order valence-corrected chi connectivity index (χ1v) is 7.38. The van der Waals surface area contributed by atoms with Crippen LogP contribution in [-0.2, 0) is 20.8 Å². The number of thiazole rings is 1. The fourth-order valence-corrected chi connectivity index (χ4v) is 2.58. The number of hydrogen-bond donors (Lipinski definition) is 3. The van der Waals surface area contributed by atoms with Crippen molar-refractivity contribution in [3.8, 4) is 0 Å². The molecule has 1 unspecified atom stereocenters. The molecule has 2 rings (SSSR count). The topological polar surface area (TPSA) is 100 Å². The van der Waals surface area contributed by atoms with E-state index in [0.717, 1.165) is 0 Å². The monoisotopic (exact) mass is 308 g/mol. The molecule has 0 bridgehead atoms. The van der Waals surface area contributed by atoms with Gasteiger partial charge >= 0.3 is 0 Å². The number of amides is 3. The molecule has 1 aliphatic rings. The van der Waals surface area contributed by atoms with E-state index in [1.807, 2.05) is 0 Å². The minimum Gasteiger partial charge on any atom is -0.352 e. The molecule has 0 spiro atoms. The summed E-state index contributed by atoms with van der Waals surface area (Å²) in [6.07, 6.45) is 2.61. The number of carbonyl (C=O) groups excluding carboxylic acids is 3. The third-order valence-corrected chi connectivity index (χ3v) is 3.69. The standard InChI is InChI=1S/C13H16N4O3S/c1-2-5-14-11(19)6-8-7-21-13(15-8)17-12(20)9-3-4-10(18)16-9/h2,7,9H,1,3-6H2,(H,14,19)(H,16,18)(H,15,17,20). The molecule has 1 atom stereocenters. The van der Waals surface area contributed by atoms with E-state index >= 15 is 0 Å². The molecule has 1 saturated heterocycles. The summed E-state index contributed by atoms with van der Waals surface area (Å²) in [6.45, 7) is 3.92. The highest BCUT2D eigenvalue weighted by Gasteiger charge is 2.27. The van der Waals surface area contributed by atoms with Crippen molar-refractivity contribution in [1.82, 2.24) is 15.6 Å². The Morgan fingerprint density at radius 1 is 1.57 bits per heavy atom. The normalized spacial score (nSPS) is 17.1. The average molecular weight is 308 g/mol. The van der Waals surface area contributed by atoms with Crippen molar-refractivity contribution in [2.24, 2.45) is 0 Å². The van der Waals surface area contributed by atoms with Crippen molar-refractivity contribution in [2.45, 2.75) is 25.3 Å². The molecule has 0 radical (unpaired) electrons. The molecule has 112 valence electrons. The van der Waals surface area contributed by atoms with E-state index in [9.17, 15) is 14.4 Å². The minimum atomic E-state index is -0.499. The maximum absolute atomic E-state index is 11.9. The van der Waals surface area contributed by atoms with Gasteiger partial charge in [0.15, 0.2) is 5.13 Å². The zero-order chi connectivity index (χ0) is 15.2. The van der Waals surface area contributed by atoms with Crippen LogP contribution < -0.4 is 16.0 Å². The predicted octanol–water partition coefficient (Wildman–Crippen LogP) is 0.205. The molecule has 1 aliphatic heterocycles. The molecule has 7 nitrogen and oxygen atoms in total. The third kappa shape index (κ3) is 4.38. The lowest BCUT2D eigenvalue weighted by Gasteiger charge is -2.08. The maximum atomic E-state index is 11.9. The lowest BCUT2D eigenvalue weighted by atomic mass is 10.2. The first kappa shape index (κ1) is 15.2. The van der Waals surface area contributed by atoms with Gasteiger partial charge in [0.25, 0.3) is 0 Å². The second-order valence-electron chi connectivity index (χ2n) is 4.56. The largest absolute Gasteiger partial charge is 0.352 e. The highest BCUT2D eigenvalue weighted by atomic mass is 32.1. The molecule has 21 heavy (non-hydrogen) atoms. The molecule has 2 heterocycles. The Balaban J connectivity index is 1.85. The van der Waals surface area contributed by atoms with Crippen molar-refractivity contribution in [2.75, 3.05) is 11.9 Å². The Hall–Kier alpha value is -2.22. The lowest BCUT2D eigenvalue weighted by Crippen LogP contribution is -2.37. The number of hydrogen-bond acceptors (Lipinski definition) is 5. The van der Waals surface area contributed by atoms with Crippen LogP contribution in [0.25, 0.3) is 0 Å². The zero-order valence-corrected chi connectivity index (χ0v) is 12.2. The summed E-state index contributed by atoms with van der Waals surface area (Å²) in [6, 6.07) is -0.499. The van der Waals surface area contributed by atoms with Crippen molar-refractivity contribution >= 4 is 34.2 Å². The molecule has 0 aliphatic carbocycles. The van der Waals surface area contributed by atoms with Gasteiger partial charge in [-0.05, 0) is 6.42 Å². The van der Waals surface area contributed by atoms with Crippen LogP contribution in [0.3, 0.4) is 0 Å². The Morgan fingerprint density at radius 2 is 2.38 bits per heavy atom. The smallest absolute Gasteiger partial charge is 0.248 e. The van der Waals surface area contributed by atoms with Crippen molar-refractivity contribution in [3.63, 3.8) is 0 Å². The minimum absolute atomic E-state index is 0.117. The van der Waals surface area contributed by atoms with E-state index in [1.54, 1.807) is 11.5 Å². The SMILES string of the molecule is C=CCNC(=O)Cc1csc(NC(=O)C2CCC(=O)N2)n1. The van der Waals surface area contributed by atoms with E-state index in [2.05, 4.69) is 27.5 Å². The van der Waals surface area contributed by atoms with Gasteiger partial charge in [-0.15, -0.1) is 17.9 Å². The zero-order valence-electron chi connectivity index (χ0n) is 11.3. The van der Waals surface area contributed by atoms with E-state index < -0.39 is 6.04 Å². The van der Waals surface area contributed by atoms with Gasteiger partial charge in [0.2, 0.25) is 17.7 Å². The number of rotatable bonds is 6. The van der Waals surface area contributed by atoms with Crippen LogP contribution in [0.5, 0.6) is 0 Å². The number of nitrogens with one attached hydrogen (secondary N) is 3. The summed E-state index contributed by atoms with van der Waals surface area (Å²) in [5.41, 5.74) is 0.590. The van der Waals surface area contributed by atoms with Crippen LogP contribution in [0.15, 0.2) is 18.0 Å². The number of anilines is 1. The summed E-state index contributed by atoms with van der Waals surface area (Å²) in [5.74, 6) is -0.548. The summed E-state index contributed by atoms with van der Waals surface area (Å²) >= 11 is 1.25. The van der Waals surface area contributed by atoms with Gasteiger partial charge < -0.3 is 16.0 Å². The predicted molar refractivity (Wildman–Crippen MR) is 78.8 cm³/mol. The van der Waals surface area contributed by atoms with Gasteiger partial charge in [0.05, 0.1) is 12.1 Å². The van der Waals surface area contributed by atoms with Crippen LogP contribution >= 0.6 is 11.3 Å². The van der Waals surface area contributed by atoms with Gasteiger partial charge in [-0.3, -0.25) is 14.4 Å². The molecule has 0 saturated carbocycles. The van der Waals surface area contributed by atoms with E-state index in [-0.39, 0.29) is 24.1 Å². The van der Waals surface area contributed by atoms with Gasteiger partial charge in [0, 0.05) is 18.3 Å². The fourth-order valence-electron chi connectivity index (χ4n) is 1.86. The van der Waals surface area contributed by atoms with Crippen LogP contribution in [0.2, 0.25) is 0 Å². The summed E-state index contributed by atoms with van der Waals surface area (Å²) < 4.78 is 0. The molecular weight excluding hydrogens is 292 g/mol. The van der Waals surface area contributed by atoms with Crippen molar-refractivity contribution in [1.29, 1.82) is 0 Å². The third-order valence-electron chi connectivity index (χ3n) is 2.88. The Bertz CT molecular complexity index is 570. The average Bonchev–Trinajstić information content (AvgIpc) is 3.06. The van der Waals surface area contributed by atoms with Gasteiger partial charge in [-0.1, -0.05) is 6.08 Å². The fraction of sp³-hybridized carbons (Fsp3) is 0.385. The van der Waals surface area contributed by atoms with E-state index in [4.69, 9.17) is 0 Å². The highest BCUT2D eigenvalue weighted by Crippen LogP contribution is 2.17. The quantitative estimate of drug-likeness (QED) is 0.654. The van der Waals surface area contributed by atoms with Gasteiger partial charge in [-0.25, -0.2) is 4.98 Å². The molecule has 8 heteroatoms. The van der Waals surface area contributed by atoms with Crippen LogP contribution in [-0.4, -0.2) is 35.3 Å². The maximum Gasteiger partial charge on any atom is 0.248 e. The number of aromatic nitrogens is 1. The Labute approximate surface area is 125 Å². The molecule has 1 fully saturated rings. The first-order chi connectivity index (χ1) is 10.1. The second-order valence-corrected chi connectivity index (χ2v) is 5.42. The van der Waals surface area contributed by atoms with Crippen LogP contribution in [0.4, 0.5) is 5.13 Å².